The number of hydrogen-bond acceptors (Lipinski definition) is 9. The Hall–Kier alpha value is -1.07. The molecule has 25 heavy (non-hydrogen) atoms. The van der Waals surface area contributed by atoms with Crippen LogP contribution in [0.2, 0.25) is 0 Å². The number of aliphatic hydroxyl groups is 5. The van der Waals surface area contributed by atoms with E-state index in [2.05, 4.69) is 0 Å². The average Bonchev–Trinajstić information content (AvgIpc) is 2.91. The van der Waals surface area contributed by atoms with Gasteiger partial charge in [-0.05, 0) is 18.8 Å². The molecule has 0 spiro atoms. The quantitative estimate of drug-likeness (QED) is 0.360. The maximum Gasteiger partial charge on any atom is 0.207 e. The van der Waals surface area contributed by atoms with Gasteiger partial charge in [0.05, 0.1) is 24.4 Å². The maximum absolute atomic E-state index is 11.2. The number of aliphatic hydroxyl groups excluding tert-OH is 4. The minimum Gasteiger partial charge on any atom is -0.471 e. The van der Waals surface area contributed by atoms with Crippen molar-refractivity contribution in [2.45, 2.75) is 62.4 Å². The summed E-state index contributed by atoms with van der Waals surface area (Å²) in [6.45, 7) is 1.32. The zero-order valence-electron chi connectivity index (χ0n) is 13.8. The van der Waals surface area contributed by atoms with E-state index in [0.717, 1.165) is 6.26 Å². The van der Waals surface area contributed by atoms with Crippen molar-refractivity contribution >= 4 is 6.29 Å². The highest BCUT2D eigenvalue weighted by Crippen LogP contribution is 2.49. The van der Waals surface area contributed by atoms with Gasteiger partial charge in [-0.25, -0.2) is 0 Å². The summed E-state index contributed by atoms with van der Waals surface area (Å²) in [7, 11) is 0. The molecule has 2 heterocycles. The Bertz CT molecular complexity index is 536. The summed E-state index contributed by atoms with van der Waals surface area (Å²) >= 11 is 0. The predicted octanol–water partition coefficient (Wildman–Crippen LogP) is -1.98. The van der Waals surface area contributed by atoms with Crippen molar-refractivity contribution < 1.29 is 44.5 Å². The van der Waals surface area contributed by atoms with Gasteiger partial charge in [0.15, 0.2) is 12.6 Å². The van der Waals surface area contributed by atoms with E-state index in [1.54, 1.807) is 0 Å². The van der Waals surface area contributed by atoms with E-state index in [9.17, 15) is 30.3 Å². The highest BCUT2D eigenvalue weighted by atomic mass is 16.8. The van der Waals surface area contributed by atoms with Crippen LogP contribution in [0.4, 0.5) is 0 Å². The first-order valence-corrected chi connectivity index (χ1v) is 8.33. The van der Waals surface area contributed by atoms with Crippen molar-refractivity contribution in [3.63, 3.8) is 0 Å². The molecule has 3 aliphatic rings. The zero-order chi connectivity index (χ0) is 18.4. The van der Waals surface area contributed by atoms with Crippen LogP contribution in [0.3, 0.4) is 0 Å². The van der Waals surface area contributed by atoms with Crippen molar-refractivity contribution in [3.8, 4) is 0 Å². The van der Waals surface area contributed by atoms with Crippen LogP contribution in [0.25, 0.3) is 0 Å². The third-order valence-corrected chi connectivity index (χ3v) is 5.51. The molecule has 1 unspecified atom stereocenters. The molecule has 0 amide bonds. The summed E-state index contributed by atoms with van der Waals surface area (Å²) in [6.07, 6.45) is -5.40. The summed E-state index contributed by atoms with van der Waals surface area (Å²) in [4.78, 5) is 11.2. The molecule has 9 heteroatoms. The number of carbonyl (C=O) groups excluding carboxylic acids is 1. The monoisotopic (exact) mass is 360 g/mol. The number of aldehydes is 1. The van der Waals surface area contributed by atoms with Gasteiger partial charge in [0, 0.05) is 0 Å². The fourth-order valence-corrected chi connectivity index (χ4v) is 3.98. The first-order valence-electron chi connectivity index (χ1n) is 8.33. The highest BCUT2D eigenvalue weighted by molar-refractivity contribution is 5.76. The number of fused-ring (bicyclic) bond motifs is 1. The predicted molar refractivity (Wildman–Crippen MR) is 80.7 cm³/mol. The summed E-state index contributed by atoms with van der Waals surface area (Å²) < 4.78 is 16.4. The van der Waals surface area contributed by atoms with Gasteiger partial charge >= 0.3 is 0 Å². The summed E-state index contributed by atoms with van der Waals surface area (Å²) in [5.41, 5.74) is -1.26. The second-order valence-electron chi connectivity index (χ2n) is 6.99. The molecule has 9 nitrogen and oxygen atoms in total. The minimum absolute atomic E-state index is 0.0245. The Balaban J connectivity index is 1.80. The van der Waals surface area contributed by atoms with Crippen LogP contribution >= 0.6 is 0 Å². The topological polar surface area (TPSA) is 146 Å². The molecule has 142 valence electrons. The van der Waals surface area contributed by atoms with Crippen molar-refractivity contribution in [2.24, 2.45) is 11.8 Å². The maximum atomic E-state index is 11.2. The Morgan fingerprint density at radius 3 is 2.64 bits per heavy atom. The molecule has 0 radical (unpaired) electrons. The Kier molecular flexibility index (Phi) is 5.18. The van der Waals surface area contributed by atoms with Gasteiger partial charge < -0.3 is 39.7 Å². The smallest absolute Gasteiger partial charge is 0.207 e. The van der Waals surface area contributed by atoms with E-state index >= 15 is 0 Å². The molecular weight excluding hydrogens is 336 g/mol. The standard InChI is InChI=1S/C16H24O9/c1-7-2-3-16(22)8(4-17)6-23-14(10(7)16)25-15-13(21)12(20)11(19)9(5-18)24-15/h4,6-7,9-15,18-22H,2-3,5H2,1H3/t7-,9+,10?,11+,12-,13-,14-,15-,16-/m0/s1. The number of rotatable bonds is 4. The van der Waals surface area contributed by atoms with Crippen LogP contribution in [-0.2, 0) is 19.0 Å². The third kappa shape index (κ3) is 2.99. The first kappa shape index (κ1) is 18.7. The summed E-state index contributed by atoms with van der Waals surface area (Å²) in [6, 6.07) is 0. The van der Waals surface area contributed by atoms with Gasteiger partial charge in [-0.15, -0.1) is 0 Å². The van der Waals surface area contributed by atoms with E-state index in [1.807, 2.05) is 6.92 Å². The molecule has 5 N–H and O–H groups in total. The molecule has 0 aromatic carbocycles. The number of ether oxygens (including phenoxy) is 3. The molecule has 9 atom stereocenters. The third-order valence-electron chi connectivity index (χ3n) is 5.51. The molecule has 1 saturated heterocycles. The van der Waals surface area contributed by atoms with Crippen molar-refractivity contribution in [1.82, 2.24) is 0 Å². The first-order chi connectivity index (χ1) is 11.8. The molecule has 3 rings (SSSR count). The molecule has 1 saturated carbocycles. The lowest BCUT2D eigenvalue weighted by Crippen LogP contribution is -2.61. The van der Waals surface area contributed by atoms with E-state index in [0.29, 0.717) is 19.1 Å². The summed E-state index contributed by atoms with van der Waals surface area (Å²) in [5.74, 6) is -0.589. The number of carbonyl (C=O) groups is 1. The van der Waals surface area contributed by atoms with E-state index in [1.165, 1.54) is 0 Å². The molecule has 2 aliphatic heterocycles. The molecule has 0 bridgehead atoms. The van der Waals surface area contributed by atoms with E-state index in [-0.39, 0.29) is 11.5 Å². The Morgan fingerprint density at radius 1 is 1.28 bits per heavy atom. The van der Waals surface area contributed by atoms with Gasteiger partial charge in [-0.1, -0.05) is 6.92 Å². The number of hydrogen-bond donors (Lipinski definition) is 5. The SMILES string of the molecule is C[C@H]1CC[C@]2(O)C(C=O)=CO[C@@H](O[C@@H]3O[C@H](CO)[C@@H](O)[C@H](O)[C@@H]3O)C12. The minimum atomic E-state index is -1.57. The fourth-order valence-electron chi connectivity index (χ4n) is 3.98. The van der Waals surface area contributed by atoms with Gasteiger partial charge in [-0.2, -0.15) is 0 Å². The van der Waals surface area contributed by atoms with Crippen molar-refractivity contribution in [3.05, 3.63) is 11.8 Å². The Labute approximate surface area is 144 Å². The van der Waals surface area contributed by atoms with Gasteiger partial charge in [0.1, 0.15) is 30.0 Å². The lowest BCUT2D eigenvalue weighted by Gasteiger charge is -2.44. The molecule has 2 fully saturated rings. The molecular formula is C16H24O9. The van der Waals surface area contributed by atoms with Crippen molar-refractivity contribution in [1.29, 1.82) is 0 Å². The lowest BCUT2D eigenvalue weighted by molar-refractivity contribution is -0.346. The second kappa shape index (κ2) is 6.92. The van der Waals surface area contributed by atoms with Crippen LogP contribution in [0.1, 0.15) is 19.8 Å². The molecule has 1 aliphatic carbocycles. The van der Waals surface area contributed by atoms with Crippen LogP contribution in [0.15, 0.2) is 11.8 Å². The second-order valence-corrected chi connectivity index (χ2v) is 6.99. The normalized spacial score (nSPS) is 49.9. The van der Waals surface area contributed by atoms with Crippen molar-refractivity contribution in [2.75, 3.05) is 6.61 Å². The summed E-state index contributed by atoms with van der Waals surface area (Å²) in [5, 5.41) is 49.9. The van der Waals surface area contributed by atoms with E-state index < -0.39 is 55.1 Å². The Morgan fingerprint density at radius 2 is 2.00 bits per heavy atom. The van der Waals surface area contributed by atoms with Crippen LogP contribution in [0, 0.1) is 11.8 Å². The van der Waals surface area contributed by atoms with E-state index in [4.69, 9.17) is 14.2 Å². The highest BCUT2D eigenvalue weighted by Gasteiger charge is 2.56. The van der Waals surface area contributed by atoms with Crippen LogP contribution < -0.4 is 0 Å². The van der Waals surface area contributed by atoms with Gasteiger partial charge in [0.2, 0.25) is 6.29 Å². The molecule has 0 aromatic rings. The lowest BCUT2D eigenvalue weighted by atomic mass is 9.80. The van der Waals surface area contributed by atoms with Gasteiger partial charge in [-0.3, -0.25) is 4.79 Å². The van der Waals surface area contributed by atoms with Crippen LogP contribution in [-0.4, -0.2) is 81.0 Å². The molecule has 0 aromatic heterocycles. The zero-order valence-corrected chi connectivity index (χ0v) is 13.8. The van der Waals surface area contributed by atoms with Crippen LogP contribution in [0.5, 0.6) is 0 Å². The average molecular weight is 360 g/mol. The van der Waals surface area contributed by atoms with Gasteiger partial charge in [0.25, 0.3) is 0 Å². The fraction of sp³-hybridized carbons (Fsp3) is 0.812. The largest absolute Gasteiger partial charge is 0.471 e.